The first-order valence-electron chi connectivity index (χ1n) is 5.18. The minimum Gasteiger partial charge on any atom is -0.481 e. The van der Waals surface area contributed by atoms with Crippen molar-refractivity contribution >= 4 is 5.91 Å². The Morgan fingerprint density at radius 1 is 1.53 bits per heavy atom. The Hall–Kier alpha value is -1.66. The van der Waals surface area contributed by atoms with E-state index in [0.717, 1.165) is 5.56 Å². The summed E-state index contributed by atoms with van der Waals surface area (Å²) in [7, 11) is 3.05. The van der Waals surface area contributed by atoms with Crippen LogP contribution in [0.2, 0.25) is 0 Å². The molecule has 0 fully saturated rings. The van der Waals surface area contributed by atoms with E-state index in [9.17, 15) is 4.79 Å². The number of nitrogens with zero attached hydrogens (tertiary/aromatic N) is 1. The van der Waals surface area contributed by atoms with E-state index in [0.29, 0.717) is 12.4 Å². The normalized spacial score (nSPS) is 11.9. The number of amides is 1. The van der Waals surface area contributed by atoms with Crippen LogP contribution in [-0.4, -0.2) is 37.8 Å². The molecule has 3 N–H and O–H groups in total. The Kier molecular flexibility index (Phi) is 5.38. The summed E-state index contributed by atoms with van der Waals surface area (Å²) in [6.07, 6.45) is 1.64. The molecule has 0 bridgehead atoms. The standard InChI is InChI=1S/C11H17N3O3/c1-16-7-9(12)11(15)14-6-8-3-4-10(17-2)13-5-8/h3-5,9H,6-7,12H2,1-2H3,(H,14,15). The average Bonchev–Trinajstić information content (AvgIpc) is 2.36. The average molecular weight is 239 g/mol. The van der Waals surface area contributed by atoms with E-state index < -0.39 is 6.04 Å². The molecule has 1 amide bonds. The fourth-order valence-corrected chi connectivity index (χ4v) is 1.21. The van der Waals surface area contributed by atoms with E-state index in [1.54, 1.807) is 19.4 Å². The Bertz CT molecular complexity index is 353. The molecule has 1 aromatic heterocycles. The number of aromatic nitrogens is 1. The molecule has 1 heterocycles. The van der Waals surface area contributed by atoms with Gasteiger partial charge in [0.25, 0.3) is 0 Å². The van der Waals surface area contributed by atoms with Crippen LogP contribution in [0.4, 0.5) is 0 Å². The first-order valence-corrected chi connectivity index (χ1v) is 5.18. The van der Waals surface area contributed by atoms with Crippen LogP contribution in [0.3, 0.4) is 0 Å². The Morgan fingerprint density at radius 3 is 2.82 bits per heavy atom. The molecule has 0 aliphatic heterocycles. The third-order valence-electron chi connectivity index (χ3n) is 2.16. The summed E-state index contributed by atoms with van der Waals surface area (Å²) in [4.78, 5) is 15.5. The van der Waals surface area contributed by atoms with E-state index in [-0.39, 0.29) is 12.5 Å². The first kappa shape index (κ1) is 13.4. The van der Waals surface area contributed by atoms with E-state index in [4.69, 9.17) is 15.2 Å². The summed E-state index contributed by atoms with van der Waals surface area (Å²) in [5, 5.41) is 2.70. The van der Waals surface area contributed by atoms with Gasteiger partial charge in [-0.25, -0.2) is 4.98 Å². The molecule has 6 nitrogen and oxygen atoms in total. The summed E-state index contributed by atoms with van der Waals surface area (Å²) >= 11 is 0. The number of hydrogen-bond donors (Lipinski definition) is 2. The maximum absolute atomic E-state index is 11.5. The van der Waals surface area contributed by atoms with Crippen molar-refractivity contribution in [2.24, 2.45) is 5.73 Å². The predicted octanol–water partition coefficient (Wildman–Crippen LogP) is -0.320. The largest absolute Gasteiger partial charge is 0.481 e. The summed E-state index contributed by atoms with van der Waals surface area (Å²) < 4.78 is 9.72. The number of carbonyl (C=O) groups excluding carboxylic acids is 1. The zero-order chi connectivity index (χ0) is 12.7. The molecular formula is C11H17N3O3. The lowest BCUT2D eigenvalue weighted by Gasteiger charge is -2.11. The SMILES string of the molecule is COCC(N)C(=O)NCc1ccc(OC)nc1. The fraction of sp³-hybridized carbons (Fsp3) is 0.455. The van der Waals surface area contributed by atoms with Gasteiger partial charge in [-0.1, -0.05) is 6.07 Å². The highest BCUT2D eigenvalue weighted by atomic mass is 16.5. The molecule has 94 valence electrons. The van der Waals surface area contributed by atoms with Crippen LogP contribution < -0.4 is 15.8 Å². The highest BCUT2D eigenvalue weighted by Crippen LogP contribution is 2.06. The number of nitrogens with two attached hydrogens (primary N) is 1. The van der Waals surface area contributed by atoms with Gasteiger partial charge in [0.1, 0.15) is 6.04 Å². The Labute approximate surface area is 100 Å². The zero-order valence-electron chi connectivity index (χ0n) is 9.97. The van der Waals surface area contributed by atoms with Crippen molar-refractivity contribution < 1.29 is 14.3 Å². The molecular weight excluding hydrogens is 222 g/mol. The molecule has 0 spiro atoms. The van der Waals surface area contributed by atoms with Crippen molar-refractivity contribution in [2.75, 3.05) is 20.8 Å². The molecule has 0 saturated heterocycles. The second kappa shape index (κ2) is 6.82. The molecule has 17 heavy (non-hydrogen) atoms. The van der Waals surface area contributed by atoms with Crippen molar-refractivity contribution in [2.45, 2.75) is 12.6 Å². The predicted molar refractivity (Wildman–Crippen MR) is 62.5 cm³/mol. The van der Waals surface area contributed by atoms with Gasteiger partial charge in [0.05, 0.1) is 13.7 Å². The molecule has 1 unspecified atom stereocenters. The molecule has 0 aliphatic rings. The van der Waals surface area contributed by atoms with Gasteiger partial charge in [-0.3, -0.25) is 4.79 Å². The molecule has 6 heteroatoms. The number of nitrogens with one attached hydrogen (secondary N) is 1. The first-order chi connectivity index (χ1) is 8.17. The van der Waals surface area contributed by atoms with Gasteiger partial charge in [0.15, 0.2) is 0 Å². The summed E-state index contributed by atoms with van der Waals surface area (Å²) in [6, 6.07) is 2.91. The van der Waals surface area contributed by atoms with Crippen molar-refractivity contribution in [1.82, 2.24) is 10.3 Å². The molecule has 1 rings (SSSR count). The molecule has 0 radical (unpaired) electrons. The minimum atomic E-state index is -0.647. The summed E-state index contributed by atoms with van der Waals surface area (Å²) in [5.74, 6) is 0.291. The number of hydrogen-bond acceptors (Lipinski definition) is 5. The van der Waals surface area contributed by atoms with Gasteiger partial charge in [0, 0.05) is 25.9 Å². The molecule has 1 atom stereocenters. The Balaban J connectivity index is 2.41. The third kappa shape index (κ3) is 4.38. The number of pyridine rings is 1. The van der Waals surface area contributed by atoms with Crippen molar-refractivity contribution in [3.05, 3.63) is 23.9 Å². The second-order valence-electron chi connectivity index (χ2n) is 3.49. The summed E-state index contributed by atoms with van der Waals surface area (Å²) in [5.41, 5.74) is 6.44. The number of ether oxygens (including phenoxy) is 2. The molecule has 0 aliphatic carbocycles. The topological polar surface area (TPSA) is 86.5 Å². The van der Waals surface area contributed by atoms with Gasteiger partial charge in [-0.15, -0.1) is 0 Å². The van der Waals surface area contributed by atoms with Crippen LogP contribution in [0.25, 0.3) is 0 Å². The van der Waals surface area contributed by atoms with E-state index in [2.05, 4.69) is 10.3 Å². The van der Waals surface area contributed by atoms with Crippen LogP contribution >= 0.6 is 0 Å². The quantitative estimate of drug-likeness (QED) is 0.710. The lowest BCUT2D eigenvalue weighted by Crippen LogP contribution is -2.43. The Morgan fingerprint density at radius 2 is 2.29 bits per heavy atom. The highest BCUT2D eigenvalue weighted by molar-refractivity contribution is 5.81. The van der Waals surface area contributed by atoms with Crippen molar-refractivity contribution in [3.8, 4) is 5.88 Å². The van der Waals surface area contributed by atoms with Crippen LogP contribution in [0.15, 0.2) is 18.3 Å². The van der Waals surface area contributed by atoms with Gasteiger partial charge in [0.2, 0.25) is 11.8 Å². The number of carbonyl (C=O) groups is 1. The number of methoxy groups -OCH3 is 2. The van der Waals surface area contributed by atoms with Gasteiger partial charge < -0.3 is 20.5 Å². The molecule has 1 aromatic rings. The maximum Gasteiger partial charge on any atom is 0.239 e. The maximum atomic E-state index is 11.5. The zero-order valence-corrected chi connectivity index (χ0v) is 9.97. The van der Waals surface area contributed by atoms with E-state index >= 15 is 0 Å². The van der Waals surface area contributed by atoms with Crippen LogP contribution in [0.5, 0.6) is 5.88 Å². The van der Waals surface area contributed by atoms with E-state index in [1.165, 1.54) is 7.11 Å². The van der Waals surface area contributed by atoms with Gasteiger partial charge in [-0.2, -0.15) is 0 Å². The van der Waals surface area contributed by atoms with E-state index in [1.807, 2.05) is 6.07 Å². The lowest BCUT2D eigenvalue weighted by molar-refractivity contribution is -0.123. The van der Waals surface area contributed by atoms with Gasteiger partial charge >= 0.3 is 0 Å². The van der Waals surface area contributed by atoms with Crippen molar-refractivity contribution in [3.63, 3.8) is 0 Å². The number of rotatable bonds is 6. The summed E-state index contributed by atoms with van der Waals surface area (Å²) in [6.45, 7) is 0.583. The van der Waals surface area contributed by atoms with Crippen LogP contribution in [0.1, 0.15) is 5.56 Å². The fourth-order valence-electron chi connectivity index (χ4n) is 1.21. The second-order valence-corrected chi connectivity index (χ2v) is 3.49. The highest BCUT2D eigenvalue weighted by Gasteiger charge is 2.12. The monoisotopic (exact) mass is 239 g/mol. The van der Waals surface area contributed by atoms with Gasteiger partial charge in [-0.05, 0) is 5.56 Å². The minimum absolute atomic E-state index is 0.201. The third-order valence-corrected chi connectivity index (χ3v) is 2.16. The van der Waals surface area contributed by atoms with Crippen LogP contribution in [0, 0.1) is 0 Å². The molecule has 0 aromatic carbocycles. The van der Waals surface area contributed by atoms with Crippen molar-refractivity contribution in [1.29, 1.82) is 0 Å². The molecule has 0 saturated carbocycles. The lowest BCUT2D eigenvalue weighted by atomic mass is 10.2. The van der Waals surface area contributed by atoms with Crippen LogP contribution in [-0.2, 0) is 16.1 Å². The smallest absolute Gasteiger partial charge is 0.239 e.